The second-order valence-electron chi connectivity index (χ2n) is 7.14. The summed E-state index contributed by atoms with van der Waals surface area (Å²) >= 11 is 1.28. The lowest BCUT2D eigenvalue weighted by Gasteiger charge is -2.17. The second-order valence-corrected chi connectivity index (χ2v) is 8.00. The van der Waals surface area contributed by atoms with Gasteiger partial charge in [0, 0.05) is 36.5 Å². The molecule has 1 aliphatic heterocycles. The predicted octanol–water partition coefficient (Wildman–Crippen LogP) is 3.90. The molecule has 2 aromatic carbocycles. The minimum atomic E-state index is -0.587. The van der Waals surface area contributed by atoms with Crippen LogP contribution in [0, 0.1) is 11.7 Å². The van der Waals surface area contributed by atoms with Gasteiger partial charge in [0.25, 0.3) is 0 Å². The highest BCUT2D eigenvalue weighted by Crippen LogP contribution is 2.30. The normalized spacial score (nSPS) is 15.7. The number of hydrogen-bond acceptors (Lipinski definition) is 5. The van der Waals surface area contributed by atoms with Gasteiger partial charge in [-0.3, -0.25) is 14.4 Å². The van der Waals surface area contributed by atoms with Crippen molar-refractivity contribution in [1.82, 2.24) is 4.98 Å². The van der Waals surface area contributed by atoms with Crippen molar-refractivity contribution in [1.29, 1.82) is 0 Å². The third kappa shape index (κ3) is 4.61. The van der Waals surface area contributed by atoms with Crippen LogP contribution in [0.1, 0.15) is 13.3 Å². The van der Waals surface area contributed by atoms with Crippen LogP contribution in [0.4, 0.5) is 20.9 Å². The van der Waals surface area contributed by atoms with Crippen LogP contribution in [0.15, 0.2) is 53.9 Å². The van der Waals surface area contributed by atoms with E-state index in [0.29, 0.717) is 16.5 Å². The van der Waals surface area contributed by atoms with Crippen molar-refractivity contribution in [3.63, 3.8) is 0 Å². The average Bonchev–Trinajstić information content (AvgIpc) is 3.35. The Bertz CT molecular complexity index is 1150. The van der Waals surface area contributed by atoms with Crippen molar-refractivity contribution >= 4 is 45.6 Å². The molecule has 1 aromatic heterocycles. The van der Waals surface area contributed by atoms with Crippen LogP contribution in [0.5, 0.6) is 0 Å². The Kier molecular flexibility index (Phi) is 5.77. The molecule has 0 saturated carbocycles. The second kappa shape index (κ2) is 8.65. The van der Waals surface area contributed by atoms with Gasteiger partial charge in [0.15, 0.2) is 5.13 Å². The van der Waals surface area contributed by atoms with Crippen LogP contribution in [0.25, 0.3) is 11.3 Å². The van der Waals surface area contributed by atoms with Gasteiger partial charge < -0.3 is 15.5 Å². The molecule has 31 heavy (non-hydrogen) atoms. The maximum atomic E-state index is 14.0. The molecule has 1 saturated heterocycles. The van der Waals surface area contributed by atoms with Crippen LogP contribution in [-0.4, -0.2) is 29.3 Å². The Labute approximate surface area is 181 Å². The smallest absolute Gasteiger partial charge is 0.231 e. The van der Waals surface area contributed by atoms with Gasteiger partial charge >= 0.3 is 0 Å². The Morgan fingerprint density at radius 2 is 1.87 bits per heavy atom. The van der Waals surface area contributed by atoms with Crippen molar-refractivity contribution < 1.29 is 18.8 Å². The summed E-state index contributed by atoms with van der Waals surface area (Å²) in [7, 11) is 0. The number of benzene rings is 2. The summed E-state index contributed by atoms with van der Waals surface area (Å²) in [6, 6.07) is 13.2. The van der Waals surface area contributed by atoms with Crippen LogP contribution in [0.3, 0.4) is 0 Å². The molecule has 0 radical (unpaired) electrons. The quantitative estimate of drug-likeness (QED) is 0.632. The average molecular weight is 438 g/mol. The van der Waals surface area contributed by atoms with E-state index >= 15 is 0 Å². The van der Waals surface area contributed by atoms with Gasteiger partial charge in [0.05, 0.1) is 17.3 Å². The monoisotopic (exact) mass is 438 g/mol. The van der Waals surface area contributed by atoms with Gasteiger partial charge in [-0.25, -0.2) is 9.37 Å². The van der Waals surface area contributed by atoms with E-state index in [-0.39, 0.29) is 36.4 Å². The van der Waals surface area contributed by atoms with E-state index in [0.717, 1.165) is 5.56 Å². The SMILES string of the molecule is CC(=O)Nc1ccc(-c2csc(NC(=O)C3CC(=O)N(c4ccccc4F)C3)n2)cc1. The summed E-state index contributed by atoms with van der Waals surface area (Å²) < 4.78 is 14.0. The Hall–Kier alpha value is -3.59. The van der Waals surface area contributed by atoms with Crippen LogP contribution in [-0.2, 0) is 14.4 Å². The summed E-state index contributed by atoms with van der Waals surface area (Å²) in [4.78, 5) is 41.8. The third-order valence-electron chi connectivity index (χ3n) is 4.87. The van der Waals surface area contributed by atoms with Crippen molar-refractivity contribution in [3.05, 3.63) is 59.7 Å². The van der Waals surface area contributed by atoms with E-state index in [2.05, 4.69) is 15.6 Å². The highest BCUT2D eigenvalue weighted by atomic mass is 32.1. The molecule has 0 aliphatic carbocycles. The molecule has 4 rings (SSSR count). The number of carbonyl (C=O) groups is 3. The minimum Gasteiger partial charge on any atom is -0.326 e. The molecule has 1 unspecified atom stereocenters. The first kappa shape index (κ1) is 20.7. The summed E-state index contributed by atoms with van der Waals surface area (Å²) in [5.74, 6) is -1.84. The lowest BCUT2D eigenvalue weighted by atomic mass is 10.1. The molecule has 1 fully saturated rings. The van der Waals surface area contributed by atoms with Crippen molar-refractivity contribution in [2.45, 2.75) is 13.3 Å². The van der Waals surface area contributed by atoms with Crippen LogP contribution >= 0.6 is 11.3 Å². The van der Waals surface area contributed by atoms with Gasteiger partial charge in [-0.1, -0.05) is 24.3 Å². The molecule has 158 valence electrons. The Morgan fingerprint density at radius 3 is 2.58 bits per heavy atom. The molecule has 2 N–H and O–H groups in total. The van der Waals surface area contributed by atoms with Crippen molar-refractivity contribution in [3.8, 4) is 11.3 Å². The van der Waals surface area contributed by atoms with Gasteiger partial charge in [0.2, 0.25) is 17.7 Å². The summed E-state index contributed by atoms with van der Waals surface area (Å²) in [5, 5.41) is 7.69. The van der Waals surface area contributed by atoms with E-state index in [1.807, 2.05) is 17.5 Å². The number of rotatable bonds is 5. The molecule has 7 nitrogen and oxygen atoms in total. The third-order valence-corrected chi connectivity index (χ3v) is 5.63. The summed E-state index contributed by atoms with van der Waals surface area (Å²) in [5.41, 5.74) is 2.39. The molecule has 3 amide bonds. The molecule has 1 aliphatic rings. The van der Waals surface area contributed by atoms with Gasteiger partial charge in [-0.05, 0) is 24.3 Å². The Morgan fingerprint density at radius 1 is 1.13 bits per heavy atom. The number of para-hydroxylation sites is 1. The van der Waals surface area contributed by atoms with E-state index in [1.54, 1.807) is 24.3 Å². The summed E-state index contributed by atoms with van der Waals surface area (Å²) in [6.45, 7) is 1.56. The fourth-order valence-electron chi connectivity index (χ4n) is 3.39. The first-order valence-corrected chi connectivity index (χ1v) is 10.5. The highest BCUT2D eigenvalue weighted by molar-refractivity contribution is 7.14. The predicted molar refractivity (Wildman–Crippen MR) is 117 cm³/mol. The molecule has 3 aromatic rings. The standard InChI is InChI=1S/C22H19FN4O3S/c1-13(28)24-16-8-6-14(7-9-16)18-12-31-22(25-18)26-21(30)15-10-20(29)27(11-15)19-5-3-2-4-17(19)23/h2-9,12,15H,10-11H2,1H3,(H,24,28)(H,25,26,30). The lowest BCUT2D eigenvalue weighted by molar-refractivity contribution is -0.122. The van der Waals surface area contributed by atoms with E-state index in [1.165, 1.54) is 35.3 Å². The number of thiazole rings is 1. The molecule has 1 atom stereocenters. The van der Waals surface area contributed by atoms with Gasteiger partial charge in [-0.2, -0.15) is 0 Å². The number of amides is 3. The molecule has 0 bridgehead atoms. The highest BCUT2D eigenvalue weighted by Gasteiger charge is 2.36. The lowest BCUT2D eigenvalue weighted by Crippen LogP contribution is -2.28. The first-order chi connectivity index (χ1) is 14.9. The summed E-state index contributed by atoms with van der Waals surface area (Å²) in [6.07, 6.45) is 0.0169. The number of carbonyl (C=O) groups excluding carboxylic acids is 3. The molecule has 9 heteroatoms. The topological polar surface area (TPSA) is 91.4 Å². The fraction of sp³-hybridized carbons (Fsp3) is 0.182. The van der Waals surface area contributed by atoms with Crippen LogP contribution < -0.4 is 15.5 Å². The fourth-order valence-corrected chi connectivity index (χ4v) is 4.11. The minimum absolute atomic E-state index is 0.0169. The molecule has 2 heterocycles. The molecular formula is C22H19FN4O3S. The Balaban J connectivity index is 1.41. The van der Waals surface area contributed by atoms with Gasteiger partial charge in [-0.15, -0.1) is 11.3 Å². The first-order valence-electron chi connectivity index (χ1n) is 9.60. The number of halogens is 1. The van der Waals surface area contributed by atoms with Crippen LogP contribution in [0.2, 0.25) is 0 Å². The molecular weight excluding hydrogens is 419 g/mol. The number of aromatic nitrogens is 1. The number of hydrogen-bond donors (Lipinski definition) is 2. The van der Waals surface area contributed by atoms with E-state index < -0.39 is 11.7 Å². The maximum Gasteiger partial charge on any atom is 0.231 e. The zero-order valence-corrected chi connectivity index (χ0v) is 17.4. The van der Waals surface area contributed by atoms with E-state index in [4.69, 9.17) is 0 Å². The maximum absolute atomic E-state index is 14.0. The molecule has 0 spiro atoms. The van der Waals surface area contributed by atoms with E-state index in [9.17, 15) is 18.8 Å². The largest absolute Gasteiger partial charge is 0.326 e. The number of nitrogens with one attached hydrogen (secondary N) is 2. The van der Waals surface area contributed by atoms with Crippen molar-refractivity contribution in [2.24, 2.45) is 5.92 Å². The number of nitrogens with zero attached hydrogens (tertiary/aromatic N) is 2. The number of anilines is 3. The zero-order chi connectivity index (χ0) is 22.0. The van der Waals surface area contributed by atoms with Gasteiger partial charge in [0.1, 0.15) is 5.82 Å². The zero-order valence-electron chi connectivity index (χ0n) is 16.6. The van der Waals surface area contributed by atoms with Crippen molar-refractivity contribution in [2.75, 3.05) is 22.1 Å².